The van der Waals surface area contributed by atoms with Crippen LogP contribution in [0.15, 0.2) is 47.2 Å². The number of anilines is 1. The van der Waals surface area contributed by atoms with Gasteiger partial charge in [0.25, 0.3) is 5.91 Å². The first-order valence-electron chi connectivity index (χ1n) is 12.6. The van der Waals surface area contributed by atoms with Crippen LogP contribution in [0.3, 0.4) is 0 Å². The third kappa shape index (κ3) is 6.97. The number of fused-ring (bicyclic) bond motifs is 1. The van der Waals surface area contributed by atoms with E-state index in [-0.39, 0.29) is 17.7 Å². The number of ether oxygens (including phenoxy) is 1. The van der Waals surface area contributed by atoms with Crippen molar-refractivity contribution in [1.82, 2.24) is 20.1 Å². The molecule has 0 radical (unpaired) electrons. The number of carbonyl (C=O) groups is 2. The average Bonchev–Trinajstić information content (AvgIpc) is 3.35. The summed E-state index contributed by atoms with van der Waals surface area (Å²) in [7, 11) is 1.35. The normalized spacial score (nSPS) is 13.9. The molecule has 1 atom stereocenters. The minimum absolute atomic E-state index is 0.0223. The number of nitrogens with one attached hydrogen (secondary N) is 2. The van der Waals surface area contributed by atoms with Crippen LogP contribution >= 0.6 is 15.9 Å². The van der Waals surface area contributed by atoms with Crippen LogP contribution in [0.4, 0.5) is 5.82 Å². The lowest BCUT2D eigenvalue weighted by Crippen LogP contribution is -2.30. The summed E-state index contributed by atoms with van der Waals surface area (Å²) in [6.45, 7) is 7.92. The summed E-state index contributed by atoms with van der Waals surface area (Å²) in [6, 6.07) is 9.66. The molecule has 1 aromatic carbocycles. The van der Waals surface area contributed by atoms with E-state index in [0.717, 1.165) is 46.5 Å². The molecule has 2 N–H and O–H groups in total. The number of hydrogen-bond acceptors (Lipinski definition) is 6. The molecule has 1 aliphatic heterocycles. The number of aryl methyl sites for hydroxylation is 3. The van der Waals surface area contributed by atoms with E-state index in [4.69, 9.17) is 9.72 Å². The van der Waals surface area contributed by atoms with Crippen molar-refractivity contribution in [3.63, 3.8) is 0 Å². The van der Waals surface area contributed by atoms with E-state index in [1.165, 1.54) is 12.7 Å². The molecule has 8 nitrogen and oxygen atoms in total. The van der Waals surface area contributed by atoms with Gasteiger partial charge in [-0.15, -0.1) is 0 Å². The van der Waals surface area contributed by atoms with Gasteiger partial charge in [-0.1, -0.05) is 48.8 Å². The molecule has 0 saturated carbocycles. The molecule has 1 unspecified atom stereocenters. The standard InChI is InChI=1S/C28H34BrN5O3/c1-28(2,3)21-12-19(13-22(29)14-21)24(15-25(35)37-4)33-27(36)20-16-31-34(17-20)11-9-23-8-7-18-6-5-10-30-26(18)32-23/h7-8,12-14,16-17,24H,5-6,9-11,15H2,1-4H3,(H,30,32)(H,33,36). The number of amides is 1. The van der Waals surface area contributed by atoms with E-state index in [1.807, 2.05) is 12.1 Å². The van der Waals surface area contributed by atoms with Crippen LogP contribution < -0.4 is 10.6 Å². The molecule has 3 aromatic rings. The quantitative estimate of drug-likeness (QED) is 0.373. The number of pyridine rings is 1. The molecule has 37 heavy (non-hydrogen) atoms. The number of rotatable bonds is 8. The molecule has 1 aliphatic rings. The summed E-state index contributed by atoms with van der Waals surface area (Å²) in [5.41, 5.74) is 4.51. The lowest BCUT2D eigenvalue weighted by molar-refractivity contribution is -0.141. The number of esters is 1. The second-order valence-electron chi connectivity index (χ2n) is 10.4. The lowest BCUT2D eigenvalue weighted by Gasteiger charge is -2.24. The summed E-state index contributed by atoms with van der Waals surface area (Å²) in [5, 5.41) is 10.7. The fourth-order valence-electron chi connectivity index (χ4n) is 4.33. The van der Waals surface area contributed by atoms with E-state index >= 15 is 0 Å². The van der Waals surface area contributed by atoms with Crippen molar-refractivity contribution < 1.29 is 14.3 Å². The number of carbonyl (C=O) groups excluding carboxylic acids is 2. The second-order valence-corrected chi connectivity index (χ2v) is 11.3. The summed E-state index contributed by atoms with van der Waals surface area (Å²) in [6.07, 6.45) is 6.19. The van der Waals surface area contributed by atoms with Crippen molar-refractivity contribution in [2.24, 2.45) is 0 Å². The summed E-state index contributed by atoms with van der Waals surface area (Å²) in [5.74, 6) is 0.280. The fraction of sp³-hybridized carbons (Fsp3) is 0.429. The van der Waals surface area contributed by atoms with Crippen LogP contribution in [0.25, 0.3) is 0 Å². The Morgan fingerprint density at radius 2 is 2.05 bits per heavy atom. The first kappa shape index (κ1) is 26.9. The molecule has 3 heterocycles. The molecule has 0 spiro atoms. The Hall–Kier alpha value is -3.20. The molecule has 196 valence electrons. The van der Waals surface area contributed by atoms with Gasteiger partial charge < -0.3 is 15.4 Å². The minimum Gasteiger partial charge on any atom is -0.469 e. The predicted octanol–water partition coefficient (Wildman–Crippen LogP) is 4.97. The van der Waals surface area contributed by atoms with Gasteiger partial charge in [0.1, 0.15) is 5.82 Å². The van der Waals surface area contributed by atoms with Gasteiger partial charge in [-0.25, -0.2) is 4.98 Å². The maximum absolute atomic E-state index is 13.2. The fourth-order valence-corrected chi connectivity index (χ4v) is 4.84. The highest BCUT2D eigenvalue weighted by atomic mass is 79.9. The van der Waals surface area contributed by atoms with Crippen LogP contribution in [0.2, 0.25) is 0 Å². The Balaban J connectivity index is 1.46. The Morgan fingerprint density at radius 3 is 2.81 bits per heavy atom. The van der Waals surface area contributed by atoms with E-state index in [9.17, 15) is 9.59 Å². The van der Waals surface area contributed by atoms with Gasteiger partial charge in [0.05, 0.1) is 31.3 Å². The molecule has 2 aromatic heterocycles. The second kappa shape index (κ2) is 11.5. The zero-order valence-electron chi connectivity index (χ0n) is 21.8. The van der Waals surface area contributed by atoms with Crippen molar-refractivity contribution in [2.45, 2.75) is 64.5 Å². The number of nitrogens with zero attached hydrogens (tertiary/aromatic N) is 3. The van der Waals surface area contributed by atoms with Crippen LogP contribution in [-0.4, -0.2) is 40.3 Å². The Morgan fingerprint density at radius 1 is 1.24 bits per heavy atom. The number of halogens is 1. The monoisotopic (exact) mass is 567 g/mol. The zero-order chi connectivity index (χ0) is 26.6. The van der Waals surface area contributed by atoms with E-state index in [0.29, 0.717) is 18.5 Å². The lowest BCUT2D eigenvalue weighted by atomic mass is 9.85. The molecule has 9 heteroatoms. The summed E-state index contributed by atoms with van der Waals surface area (Å²) >= 11 is 3.58. The smallest absolute Gasteiger partial charge is 0.307 e. The van der Waals surface area contributed by atoms with Gasteiger partial charge in [-0.3, -0.25) is 14.3 Å². The van der Waals surface area contributed by atoms with Crippen LogP contribution in [0, 0.1) is 0 Å². The number of hydrogen-bond donors (Lipinski definition) is 2. The molecule has 4 rings (SSSR count). The Kier molecular flexibility index (Phi) is 8.32. The summed E-state index contributed by atoms with van der Waals surface area (Å²) < 4.78 is 7.53. The molecule has 0 aliphatic carbocycles. The van der Waals surface area contributed by atoms with Crippen molar-refractivity contribution in [2.75, 3.05) is 19.0 Å². The molecular formula is C28H34BrN5O3. The van der Waals surface area contributed by atoms with Crippen molar-refractivity contribution >= 4 is 33.6 Å². The number of methoxy groups -OCH3 is 1. The average molecular weight is 569 g/mol. The van der Waals surface area contributed by atoms with Crippen molar-refractivity contribution in [1.29, 1.82) is 0 Å². The SMILES string of the molecule is COC(=O)CC(NC(=O)c1cnn(CCc2ccc3c(n2)NCCC3)c1)c1cc(Br)cc(C(C)(C)C)c1. The summed E-state index contributed by atoms with van der Waals surface area (Å²) in [4.78, 5) is 30.1. The molecular weight excluding hydrogens is 534 g/mol. The predicted molar refractivity (Wildman–Crippen MR) is 147 cm³/mol. The molecule has 0 bridgehead atoms. The third-order valence-electron chi connectivity index (χ3n) is 6.54. The Bertz CT molecular complexity index is 1280. The number of benzene rings is 1. The third-order valence-corrected chi connectivity index (χ3v) is 6.99. The zero-order valence-corrected chi connectivity index (χ0v) is 23.4. The van der Waals surface area contributed by atoms with Crippen LogP contribution in [0.5, 0.6) is 0 Å². The molecule has 0 fully saturated rings. The Labute approximate surface area is 226 Å². The topological polar surface area (TPSA) is 98.1 Å². The van der Waals surface area contributed by atoms with Gasteiger partial charge in [-0.2, -0.15) is 5.10 Å². The molecule has 0 saturated heterocycles. The van der Waals surface area contributed by atoms with Gasteiger partial charge in [0, 0.05) is 35.9 Å². The molecule has 1 amide bonds. The maximum Gasteiger partial charge on any atom is 0.307 e. The van der Waals surface area contributed by atoms with Crippen LogP contribution in [-0.2, 0) is 34.3 Å². The van der Waals surface area contributed by atoms with E-state index in [2.05, 4.69) is 70.6 Å². The van der Waals surface area contributed by atoms with Gasteiger partial charge in [0.2, 0.25) is 0 Å². The largest absolute Gasteiger partial charge is 0.469 e. The first-order valence-corrected chi connectivity index (χ1v) is 13.4. The van der Waals surface area contributed by atoms with E-state index < -0.39 is 12.0 Å². The van der Waals surface area contributed by atoms with E-state index in [1.54, 1.807) is 17.1 Å². The highest BCUT2D eigenvalue weighted by molar-refractivity contribution is 9.10. The number of aromatic nitrogens is 3. The highest BCUT2D eigenvalue weighted by Gasteiger charge is 2.23. The first-order chi connectivity index (χ1) is 17.6. The van der Waals surface area contributed by atoms with Gasteiger partial charge in [-0.05, 0) is 53.1 Å². The maximum atomic E-state index is 13.2. The van der Waals surface area contributed by atoms with Crippen molar-refractivity contribution in [3.05, 3.63) is 75.1 Å². The van der Waals surface area contributed by atoms with Crippen molar-refractivity contribution in [3.8, 4) is 0 Å². The van der Waals surface area contributed by atoms with Gasteiger partial charge in [0.15, 0.2) is 0 Å². The minimum atomic E-state index is -0.547. The van der Waals surface area contributed by atoms with Crippen LogP contribution in [0.1, 0.15) is 72.4 Å². The van der Waals surface area contributed by atoms with Gasteiger partial charge >= 0.3 is 5.97 Å². The highest BCUT2D eigenvalue weighted by Crippen LogP contribution is 2.30.